The van der Waals surface area contributed by atoms with Crippen molar-refractivity contribution in [2.24, 2.45) is 11.8 Å². The van der Waals surface area contributed by atoms with E-state index in [1.807, 2.05) is 11.7 Å². The highest BCUT2D eigenvalue weighted by Crippen LogP contribution is 2.35. The molecule has 0 spiro atoms. The summed E-state index contributed by atoms with van der Waals surface area (Å²) in [6.45, 7) is 2.36. The van der Waals surface area contributed by atoms with Gasteiger partial charge >= 0.3 is 0 Å². The van der Waals surface area contributed by atoms with Crippen molar-refractivity contribution in [3.8, 4) is 0 Å². The second kappa shape index (κ2) is 4.63. The Morgan fingerprint density at radius 3 is 3.14 bits per heavy atom. The second-order valence-corrected chi connectivity index (χ2v) is 5.91. The zero-order chi connectivity index (χ0) is 9.97. The van der Waals surface area contributed by atoms with E-state index in [4.69, 9.17) is 11.6 Å². The van der Waals surface area contributed by atoms with Crippen LogP contribution in [-0.4, -0.2) is 10.4 Å². The molecule has 14 heavy (non-hydrogen) atoms. The Hall–Kier alpha value is -0.0800. The van der Waals surface area contributed by atoms with Crippen molar-refractivity contribution < 1.29 is 0 Å². The molecule has 1 heterocycles. The lowest BCUT2D eigenvalue weighted by atomic mass is 9.78. The molecular weight excluding hydrogens is 214 g/mol. The molecule has 0 aliphatic heterocycles. The summed E-state index contributed by atoms with van der Waals surface area (Å²) < 4.78 is 0. The van der Waals surface area contributed by atoms with E-state index in [1.54, 1.807) is 11.3 Å². The fraction of sp³-hybridized carbons (Fsp3) is 0.727. The number of halogens is 1. The first kappa shape index (κ1) is 10.4. The van der Waals surface area contributed by atoms with Crippen LogP contribution in [0.25, 0.3) is 0 Å². The van der Waals surface area contributed by atoms with Crippen molar-refractivity contribution in [3.05, 3.63) is 16.6 Å². The summed E-state index contributed by atoms with van der Waals surface area (Å²) >= 11 is 7.97. The van der Waals surface area contributed by atoms with Crippen molar-refractivity contribution in [2.75, 3.05) is 0 Å². The summed E-state index contributed by atoms with van der Waals surface area (Å²) in [4.78, 5) is 5.53. The van der Waals surface area contributed by atoms with Crippen LogP contribution >= 0.6 is 22.9 Å². The van der Waals surface area contributed by atoms with Gasteiger partial charge in [-0.2, -0.15) is 0 Å². The molecule has 3 heteroatoms. The van der Waals surface area contributed by atoms with Crippen molar-refractivity contribution >= 4 is 22.9 Å². The number of thiazole rings is 1. The van der Waals surface area contributed by atoms with Crippen LogP contribution in [0, 0.1) is 11.8 Å². The van der Waals surface area contributed by atoms with Crippen molar-refractivity contribution in [1.29, 1.82) is 0 Å². The molecule has 0 amide bonds. The van der Waals surface area contributed by atoms with Gasteiger partial charge in [0.1, 0.15) is 0 Å². The Balaban J connectivity index is 1.95. The number of rotatable bonds is 2. The first-order valence-corrected chi connectivity index (χ1v) is 6.58. The van der Waals surface area contributed by atoms with E-state index in [2.05, 4.69) is 11.9 Å². The predicted molar refractivity (Wildman–Crippen MR) is 62.0 cm³/mol. The molecule has 78 valence electrons. The third-order valence-electron chi connectivity index (χ3n) is 3.25. The van der Waals surface area contributed by atoms with E-state index in [9.17, 15) is 0 Å². The first-order chi connectivity index (χ1) is 6.75. The maximum atomic E-state index is 6.20. The predicted octanol–water partition coefficient (Wildman–Crippen LogP) is 3.73. The largest absolute Gasteiger partial charge is 0.253 e. The van der Waals surface area contributed by atoms with Crippen LogP contribution in [0.4, 0.5) is 0 Å². The van der Waals surface area contributed by atoms with Gasteiger partial charge < -0.3 is 0 Å². The van der Waals surface area contributed by atoms with Gasteiger partial charge in [-0.25, -0.2) is 0 Å². The van der Waals surface area contributed by atoms with E-state index in [1.165, 1.54) is 30.6 Å². The lowest BCUT2D eigenvalue weighted by molar-refractivity contribution is 0.259. The van der Waals surface area contributed by atoms with Gasteiger partial charge in [-0.3, -0.25) is 4.98 Å². The molecule has 0 N–H and O–H groups in total. The minimum absolute atomic E-state index is 0.407. The van der Waals surface area contributed by atoms with E-state index in [0.29, 0.717) is 5.38 Å². The fourth-order valence-corrected chi connectivity index (χ4v) is 3.29. The molecule has 0 saturated heterocycles. The van der Waals surface area contributed by atoms with Crippen LogP contribution in [0.1, 0.15) is 31.1 Å². The number of aromatic nitrogens is 1. The average Bonchev–Trinajstić information content (AvgIpc) is 2.64. The minimum Gasteiger partial charge on any atom is -0.253 e. The SMILES string of the molecule is CC1CCC(Cl)CC1Cc1cncs1. The van der Waals surface area contributed by atoms with Crippen molar-refractivity contribution in [2.45, 2.75) is 38.0 Å². The summed E-state index contributed by atoms with van der Waals surface area (Å²) in [5.41, 5.74) is 1.92. The summed E-state index contributed by atoms with van der Waals surface area (Å²) in [7, 11) is 0. The molecule has 1 fully saturated rings. The summed E-state index contributed by atoms with van der Waals surface area (Å²) in [5.74, 6) is 1.60. The van der Waals surface area contributed by atoms with Gasteiger partial charge in [-0.15, -0.1) is 22.9 Å². The number of hydrogen-bond donors (Lipinski definition) is 0. The Labute approximate surface area is 94.5 Å². The van der Waals surface area contributed by atoms with Gasteiger partial charge in [0.2, 0.25) is 0 Å². The Morgan fingerprint density at radius 2 is 2.43 bits per heavy atom. The number of nitrogens with zero attached hydrogens (tertiary/aromatic N) is 1. The second-order valence-electron chi connectivity index (χ2n) is 4.32. The zero-order valence-electron chi connectivity index (χ0n) is 8.45. The molecule has 0 aromatic carbocycles. The molecule has 1 aliphatic carbocycles. The lowest BCUT2D eigenvalue weighted by Crippen LogP contribution is -2.24. The summed E-state index contributed by atoms with van der Waals surface area (Å²) in [6, 6.07) is 0. The van der Waals surface area contributed by atoms with Gasteiger partial charge in [-0.1, -0.05) is 6.92 Å². The van der Waals surface area contributed by atoms with Crippen LogP contribution in [0.5, 0.6) is 0 Å². The Morgan fingerprint density at radius 1 is 1.57 bits per heavy atom. The van der Waals surface area contributed by atoms with Crippen LogP contribution in [0.15, 0.2) is 11.7 Å². The third kappa shape index (κ3) is 2.48. The monoisotopic (exact) mass is 229 g/mol. The molecule has 0 bridgehead atoms. The molecule has 2 rings (SSSR count). The maximum absolute atomic E-state index is 6.20. The quantitative estimate of drug-likeness (QED) is 0.705. The van der Waals surface area contributed by atoms with E-state index in [0.717, 1.165) is 11.8 Å². The highest BCUT2D eigenvalue weighted by molar-refractivity contribution is 7.09. The summed E-state index contributed by atoms with van der Waals surface area (Å²) in [6.07, 6.45) is 6.84. The van der Waals surface area contributed by atoms with E-state index in [-0.39, 0.29) is 0 Å². The lowest BCUT2D eigenvalue weighted by Gasteiger charge is -2.31. The smallest absolute Gasteiger partial charge is 0.0794 e. The topological polar surface area (TPSA) is 12.9 Å². The van der Waals surface area contributed by atoms with E-state index < -0.39 is 0 Å². The van der Waals surface area contributed by atoms with Crippen LogP contribution in [0.3, 0.4) is 0 Å². The van der Waals surface area contributed by atoms with Crippen LogP contribution in [-0.2, 0) is 6.42 Å². The van der Waals surface area contributed by atoms with Gasteiger partial charge in [0.15, 0.2) is 0 Å². The maximum Gasteiger partial charge on any atom is 0.0794 e. The number of alkyl halides is 1. The Kier molecular flexibility index (Phi) is 3.45. The Bertz CT molecular complexity index is 273. The van der Waals surface area contributed by atoms with Gasteiger partial charge in [0.05, 0.1) is 5.51 Å². The molecular formula is C11H16ClNS. The fourth-order valence-electron chi connectivity index (χ4n) is 2.24. The van der Waals surface area contributed by atoms with Crippen molar-refractivity contribution in [1.82, 2.24) is 4.98 Å². The molecule has 1 saturated carbocycles. The zero-order valence-corrected chi connectivity index (χ0v) is 10.0. The van der Waals surface area contributed by atoms with Crippen molar-refractivity contribution in [3.63, 3.8) is 0 Å². The van der Waals surface area contributed by atoms with Gasteiger partial charge in [-0.05, 0) is 37.5 Å². The minimum atomic E-state index is 0.407. The molecule has 1 aromatic rings. The van der Waals surface area contributed by atoms with Crippen LogP contribution in [0.2, 0.25) is 0 Å². The molecule has 3 unspecified atom stereocenters. The third-order valence-corrected chi connectivity index (χ3v) is 4.44. The van der Waals surface area contributed by atoms with E-state index >= 15 is 0 Å². The average molecular weight is 230 g/mol. The van der Waals surface area contributed by atoms with Gasteiger partial charge in [0, 0.05) is 16.5 Å². The molecule has 1 aliphatic rings. The molecule has 3 atom stereocenters. The molecule has 0 radical (unpaired) electrons. The van der Waals surface area contributed by atoms with Crippen LogP contribution < -0.4 is 0 Å². The summed E-state index contributed by atoms with van der Waals surface area (Å²) in [5, 5.41) is 0.407. The molecule has 1 nitrogen and oxygen atoms in total. The standard InChI is InChI=1S/C11H16ClNS/c1-8-2-3-10(12)4-9(8)5-11-6-13-7-14-11/h6-10H,2-5H2,1H3. The first-order valence-electron chi connectivity index (χ1n) is 5.27. The van der Waals surface area contributed by atoms with Gasteiger partial charge in [0.25, 0.3) is 0 Å². The normalized spacial score (nSPS) is 33.1. The number of hydrogen-bond acceptors (Lipinski definition) is 2. The highest BCUT2D eigenvalue weighted by Gasteiger charge is 2.26. The highest BCUT2D eigenvalue weighted by atomic mass is 35.5. The molecule has 1 aromatic heterocycles.